The van der Waals surface area contributed by atoms with Gasteiger partial charge in [-0.25, -0.2) is 4.98 Å². The van der Waals surface area contributed by atoms with E-state index in [9.17, 15) is 0 Å². The predicted molar refractivity (Wildman–Crippen MR) is 89.3 cm³/mol. The van der Waals surface area contributed by atoms with E-state index >= 15 is 0 Å². The van der Waals surface area contributed by atoms with E-state index in [0.29, 0.717) is 12.5 Å². The molecule has 0 spiro atoms. The maximum atomic E-state index is 5.76. The number of benzene rings is 1. The molecule has 0 aliphatic rings. The molecule has 108 valence electrons. The molecule has 0 aliphatic carbocycles. The zero-order valence-corrected chi connectivity index (χ0v) is 13.9. The van der Waals surface area contributed by atoms with Crippen LogP contribution in [0.2, 0.25) is 0 Å². The highest BCUT2D eigenvalue weighted by Gasteiger charge is 2.12. The Hall–Kier alpha value is -1.00. The Morgan fingerprint density at radius 2 is 1.95 bits per heavy atom. The van der Waals surface area contributed by atoms with Gasteiger partial charge >= 0.3 is 0 Å². The van der Waals surface area contributed by atoms with Crippen LogP contribution in [0.15, 0.2) is 24.3 Å². The molecule has 0 aliphatic heterocycles. The Morgan fingerprint density at radius 1 is 1.25 bits per heavy atom. The Labute approximate surface area is 130 Å². The summed E-state index contributed by atoms with van der Waals surface area (Å²) in [6, 6.07) is 8.15. The lowest BCUT2D eigenvalue weighted by atomic mass is 10.1. The number of rotatable bonds is 6. The van der Waals surface area contributed by atoms with Crippen molar-refractivity contribution in [3.63, 3.8) is 0 Å². The standard InChI is InChI=1S/C16H21NOS2/c1-11(2)16-14(10-19)20-15(17-16)8-9-18-13-6-4-12(3)5-7-13/h4-7,11,19H,8-10H2,1-3H3. The minimum absolute atomic E-state index is 0.458. The molecular weight excluding hydrogens is 286 g/mol. The molecule has 0 unspecified atom stereocenters. The minimum atomic E-state index is 0.458. The first-order valence-electron chi connectivity index (χ1n) is 6.89. The molecule has 0 N–H and O–H groups in total. The quantitative estimate of drug-likeness (QED) is 0.786. The topological polar surface area (TPSA) is 22.1 Å². The Balaban J connectivity index is 1.92. The fourth-order valence-electron chi connectivity index (χ4n) is 1.98. The van der Waals surface area contributed by atoms with Gasteiger partial charge in [0.15, 0.2) is 0 Å². The highest BCUT2D eigenvalue weighted by molar-refractivity contribution is 7.79. The number of ether oxygens (including phenoxy) is 1. The summed E-state index contributed by atoms with van der Waals surface area (Å²) in [6.45, 7) is 7.09. The van der Waals surface area contributed by atoms with Crippen LogP contribution in [0.1, 0.15) is 40.9 Å². The molecule has 0 atom stereocenters. The number of hydrogen-bond acceptors (Lipinski definition) is 4. The molecule has 0 amide bonds. The zero-order chi connectivity index (χ0) is 14.5. The molecule has 1 heterocycles. The fourth-order valence-corrected chi connectivity index (χ4v) is 3.40. The molecular formula is C16H21NOS2. The molecule has 0 fully saturated rings. The van der Waals surface area contributed by atoms with Crippen LogP contribution in [0.5, 0.6) is 5.75 Å². The first-order chi connectivity index (χ1) is 9.60. The van der Waals surface area contributed by atoms with Crippen molar-refractivity contribution in [1.29, 1.82) is 0 Å². The van der Waals surface area contributed by atoms with E-state index in [1.165, 1.54) is 16.1 Å². The fraction of sp³-hybridized carbons (Fsp3) is 0.438. The third-order valence-corrected chi connectivity index (χ3v) is 4.73. The molecule has 0 saturated heterocycles. The van der Waals surface area contributed by atoms with Crippen LogP contribution in [0.4, 0.5) is 0 Å². The molecule has 4 heteroatoms. The van der Waals surface area contributed by atoms with E-state index < -0.39 is 0 Å². The van der Waals surface area contributed by atoms with Gasteiger partial charge in [-0.1, -0.05) is 31.5 Å². The monoisotopic (exact) mass is 307 g/mol. The summed E-state index contributed by atoms with van der Waals surface area (Å²) in [7, 11) is 0. The third kappa shape index (κ3) is 4.00. The van der Waals surface area contributed by atoms with Crippen molar-refractivity contribution < 1.29 is 4.74 Å². The van der Waals surface area contributed by atoms with Crippen molar-refractivity contribution in [2.24, 2.45) is 0 Å². The molecule has 2 nitrogen and oxygen atoms in total. The van der Waals surface area contributed by atoms with Crippen molar-refractivity contribution in [3.8, 4) is 5.75 Å². The predicted octanol–water partition coefficient (Wildman–Crippen LogP) is 4.63. The van der Waals surface area contributed by atoms with Crippen molar-refractivity contribution in [1.82, 2.24) is 4.98 Å². The molecule has 0 radical (unpaired) electrons. The van der Waals surface area contributed by atoms with Crippen molar-refractivity contribution >= 4 is 24.0 Å². The summed E-state index contributed by atoms with van der Waals surface area (Å²) in [5.41, 5.74) is 2.44. The van der Waals surface area contributed by atoms with E-state index in [4.69, 9.17) is 9.72 Å². The summed E-state index contributed by atoms with van der Waals surface area (Å²) in [6.07, 6.45) is 0.853. The number of thiol groups is 1. The minimum Gasteiger partial charge on any atom is -0.493 e. The van der Waals surface area contributed by atoms with Gasteiger partial charge in [0.25, 0.3) is 0 Å². The second-order valence-corrected chi connectivity index (χ2v) is 6.62. The number of aromatic nitrogens is 1. The van der Waals surface area contributed by atoms with E-state index in [-0.39, 0.29) is 0 Å². The lowest BCUT2D eigenvalue weighted by molar-refractivity contribution is 0.321. The van der Waals surface area contributed by atoms with E-state index in [1.807, 2.05) is 12.1 Å². The van der Waals surface area contributed by atoms with E-state index in [2.05, 4.69) is 45.5 Å². The van der Waals surface area contributed by atoms with Gasteiger partial charge in [-0.05, 0) is 25.0 Å². The van der Waals surface area contributed by atoms with E-state index in [1.54, 1.807) is 11.3 Å². The summed E-state index contributed by atoms with van der Waals surface area (Å²) in [4.78, 5) is 6.00. The second kappa shape index (κ2) is 7.14. The smallest absolute Gasteiger partial charge is 0.119 e. The molecule has 20 heavy (non-hydrogen) atoms. The average Bonchev–Trinajstić information content (AvgIpc) is 2.84. The number of aryl methyl sites for hydroxylation is 1. The SMILES string of the molecule is Cc1ccc(OCCc2nc(C(C)C)c(CS)s2)cc1. The van der Waals surface area contributed by atoms with Crippen LogP contribution in [0, 0.1) is 6.92 Å². The average molecular weight is 307 g/mol. The maximum absolute atomic E-state index is 5.76. The molecule has 1 aromatic heterocycles. The van der Waals surface area contributed by atoms with Gasteiger partial charge in [-0.15, -0.1) is 11.3 Å². The van der Waals surface area contributed by atoms with Gasteiger partial charge in [0.1, 0.15) is 5.75 Å². The molecule has 1 aromatic carbocycles. The van der Waals surface area contributed by atoms with Crippen LogP contribution in [0.25, 0.3) is 0 Å². The van der Waals surface area contributed by atoms with Gasteiger partial charge in [0, 0.05) is 17.1 Å². The van der Waals surface area contributed by atoms with Gasteiger partial charge in [0.2, 0.25) is 0 Å². The number of thiazole rings is 1. The summed E-state index contributed by atoms with van der Waals surface area (Å²) in [5, 5.41) is 1.14. The number of nitrogens with zero attached hydrogens (tertiary/aromatic N) is 1. The maximum Gasteiger partial charge on any atom is 0.119 e. The largest absolute Gasteiger partial charge is 0.493 e. The van der Waals surface area contributed by atoms with Gasteiger partial charge < -0.3 is 4.74 Å². The molecule has 0 bridgehead atoms. The molecule has 2 aromatic rings. The van der Waals surface area contributed by atoms with Crippen molar-refractivity contribution in [2.45, 2.75) is 38.9 Å². The lowest BCUT2D eigenvalue weighted by Crippen LogP contribution is -2.01. The normalized spacial score (nSPS) is 11.1. The Morgan fingerprint density at radius 3 is 2.50 bits per heavy atom. The van der Waals surface area contributed by atoms with Crippen LogP contribution in [0.3, 0.4) is 0 Å². The van der Waals surface area contributed by atoms with Gasteiger partial charge in [0.05, 0.1) is 17.3 Å². The van der Waals surface area contributed by atoms with Crippen LogP contribution < -0.4 is 4.74 Å². The Kier molecular flexibility index (Phi) is 5.49. The van der Waals surface area contributed by atoms with E-state index in [0.717, 1.165) is 22.9 Å². The Bertz CT molecular complexity index is 546. The van der Waals surface area contributed by atoms with Crippen LogP contribution in [-0.4, -0.2) is 11.6 Å². The first-order valence-corrected chi connectivity index (χ1v) is 8.34. The zero-order valence-electron chi connectivity index (χ0n) is 12.2. The third-order valence-electron chi connectivity index (χ3n) is 3.07. The van der Waals surface area contributed by atoms with Gasteiger partial charge in [-0.2, -0.15) is 12.6 Å². The van der Waals surface area contributed by atoms with Crippen molar-refractivity contribution in [3.05, 3.63) is 45.4 Å². The summed E-state index contributed by atoms with van der Waals surface area (Å²) in [5.74, 6) is 2.15. The summed E-state index contributed by atoms with van der Waals surface area (Å²) >= 11 is 6.14. The second-order valence-electron chi connectivity index (χ2n) is 5.14. The van der Waals surface area contributed by atoms with Crippen molar-refractivity contribution in [2.75, 3.05) is 6.61 Å². The molecule has 0 saturated carbocycles. The highest BCUT2D eigenvalue weighted by atomic mass is 32.1. The van der Waals surface area contributed by atoms with Gasteiger partial charge in [-0.3, -0.25) is 0 Å². The molecule has 2 rings (SSSR count). The van der Waals surface area contributed by atoms with Crippen LogP contribution in [-0.2, 0) is 12.2 Å². The summed E-state index contributed by atoms with van der Waals surface area (Å²) < 4.78 is 5.76. The van der Waals surface area contributed by atoms with Crippen LogP contribution >= 0.6 is 24.0 Å². The lowest BCUT2D eigenvalue weighted by Gasteiger charge is -2.05. The first kappa shape index (κ1) is 15.4. The highest BCUT2D eigenvalue weighted by Crippen LogP contribution is 2.26. The number of hydrogen-bond donors (Lipinski definition) is 1.